The molecule has 180 valence electrons. The number of nitrogens with zero attached hydrogens (tertiary/aromatic N) is 1. The summed E-state index contributed by atoms with van der Waals surface area (Å²) in [7, 11) is 0. The van der Waals surface area contributed by atoms with E-state index in [1.807, 2.05) is 43.3 Å². The predicted octanol–water partition coefficient (Wildman–Crippen LogP) is 4.90. The van der Waals surface area contributed by atoms with E-state index in [0.717, 1.165) is 16.3 Å². The molecular formula is C28H22ClN3O4. The summed E-state index contributed by atoms with van der Waals surface area (Å²) in [4.78, 5) is 37.2. The van der Waals surface area contributed by atoms with Gasteiger partial charge >= 0.3 is 5.97 Å². The van der Waals surface area contributed by atoms with Gasteiger partial charge in [0.05, 0.1) is 18.3 Å². The van der Waals surface area contributed by atoms with Crippen LogP contribution in [-0.2, 0) is 4.79 Å². The first-order valence-corrected chi connectivity index (χ1v) is 11.4. The Balaban J connectivity index is 1.47. The first-order valence-electron chi connectivity index (χ1n) is 11.1. The SMILES string of the molecule is Cc1cccc(C(=O)Oc2ccc3ccccc3c2/C=N/NC(=O)CNC(=O)c2cccc(Cl)c2)c1. The van der Waals surface area contributed by atoms with E-state index in [4.69, 9.17) is 16.3 Å². The van der Waals surface area contributed by atoms with Crippen LogP contribution in [0.2, 0.25) is 5.02 Å². The molecule has 0 saturated carbocycles. The topological polar surface area (TPSA) is 96.9 Å². The lowest BCUT2D eigenvalue weighted by molar-refractivity contribution is -0.120. The van der Waals surface area contributed by atoms with Gasteiger partial charge in [0.25, 0.3) is 11.8 Å². The number of benzene rings is 4. The lowest BCUT2D eigenvalue weighted by Gasteiger charge is -2.11. The van der Waals surface area contributed by atoms with Crippen LogP contribution >= 0.6 is 11.6 Å². The Morgan fingerprint density at radius 2 is 1.69 bits per heavy atom. The Labute approximate surface area is 212 Å². The number of amides is 2. The molecule has 0 atom stereocenters. The summed E-state index contributed by atoms with van der Waals surface area (Å²) in [5.41, 5.74) is 4.62. The van der Waals surface area contributed by atoms with Gasteiger partial charge in [0.1, 0.15) is 5.75 Å². The van der Waals surface area contributed by atoms with Gasteiger partial charge in [0.2, 0.25) is 0 Å². The summed E-state index contributed by atoms with van der Waals surface area (Å²) in [6, 6.07) is 24.6. The molecule has 2 N–H and O–H groups in total. The van der Waals surface area contributed by atoms with Crippen LogP contribution in [0.1, 0.15) is 31.8 Å². The standard InChI is InChI=1S/C28H22ClN3O4/c1-18-6-4-9-21(14-18)28(35)36-25-13-12-19-7-2-3-11-23(19)24(25)16-31-32-26(33)17-30-27(34)20-8-5-10-22(29)15-20/h2-16H,17H2,1H3,(H,30,34)(H,32,33)/b31-16+. The molecule has 0 heterocycles. The average Bonchev–Trinajstić information content (AvgIpc) is 2.88. The molecule has 4 rings (SSSR count). The number of hydrogen-bond donors (Lipinski definition) is 2. The van der Waals surface area contributed by atoms with E-state index < -0.39 is 17.8 Å². The van der Waals surface area contributed by atoms with E-state index in [1.54, 1.807) is 42.5 Å². The minimum absolute atomic E-state index is 0.284. The summed E-state index contributed by atoms with van der Waals surface area (Å²) in [5.74, 6) is -1.17. The highest BCUT2D eigenvalue weighted by atomic mass is 35.5. The zero-order valence-electron chi connectivity index (χ0n) is 19.3. The van der Waals surface area contributed by atoms with E-state index in [2.05, 4.69) is 15.8 Å². The molecule has 0 aromatic heterocycles. The molecule has 0 aliphatic heterocycles. The van der Waals surface area contributed by atoms with Crippen LogP contribution in [0.25, 0.3) is 10.8 Å². The second-order valence-electron chi connectivity index (χ2n) is 7.94. The number of nitrogens with one attached hydrogen (secondary N) is 2. The largest absolute Gasteiger partial charge is 0.422 e. The van der Waals surface area contributed by atoms with Crippen molar-refractivity contribution < 1.29 is 19.1 Å². The summed E-state index contributed by atoms with van der Waals surface area (Å²) in [6.07, 6.45) is 1.41. The highest BCUT2D eigenvalue weighted by molar-refractivity contribution is 6.31. The maximum absolute atomic E-state index is 12.7. The molecule has 4 aromatic rings. The van der Waals surface area contributed by atoms with Gasteiger partial charge in [-0.2, -0.15) is 5.10 Å². The van der Waals surface area contributed by atoms with Crippen molar-refractivity contribution in [2.45, 2.75) is 6.92 Å². The average molecular weight is 500 g/mol. The number of halogens is 1. The van der Waals surface area contributed by atoms with Crippen LogP contribution in [-0.4, -0.2) is 30.5 Å². The predicted molar refractivity (Wildman–Crippen MR) is 140 cm³/mol. The van der Waals surface area contributed by atoms with Crippen LogP contribution in [0.15, 0.2) is 90.0 Å². The summed E-state index contributed by atoms with van der Waals surface area (Å²) >= 11 is 5.90. The molecule has 7 nitrogen and oxygen atoms in total. The van der Waals surface area contributed by atoms with Crippen LogP contribution in [0.3, 0.4) is 0 Å². The van der Waals surface area contributed by atoms with Gasteiger partial charge in [0, 0.05) is 16.1 Å². The quantitative estimate of drug-likeness (QED) is 0.163. The fourth-order valence-corrected chi connectivity index (χ4v) is 3.72. The van der Waals surface area contributed by atoms with Crippen molar-refractivity contribution in [2.24, 2.45) is 5.10 Å². The lowest BCUT2D eigenvalue weighted by atomic mass is 10.0. The third kappa shape index (κ3) is 6.14. The van der Waals surface area contributed by atoms with E-state index in [0.29, 0.717) is 27.5 Å². The van der Waals surface area contributed by atoms with Gasteiger partial charge in [0.15, 0.2) is 0 Å². The molecule has 0 saturated heterocycles. The van der Waals surface area contributed by atoms with E-state index in [9.17, 15) is 14.4 Å². The minimum atomic E-state index is -0.528. The molecule has 0 radical (unpaired) electrons. The van der Waals surface area contributed by atoms with Crippen molar-refractivity contribution in [3.05, 3.63) is 112 Å². The summed E-state index contributed by atoms with van der Waals surface area (Å²) in [5, 5.41) is 8.66. The molecule has 8 heteroatoms. The molecule has 0 spiro atoms. The Morgan fingerprint density at radius 3 is 2.50 bits per heavy atom. The van der Waals surface area contributed by atoms with Gasteiger partial charge in [-0.15, -0.1) is 0 Å². The number of aryl methyl sites for hydroxylation is 1. The molecule has 0 fully saturated rings. The normalized spacial score (nSPS) is 10.8. The Morgan fingerprint density at radius 1 is 0.917 bits per heavy atom. The van der Waals surface area contributed by atoms with Crippen molar-refractivity contribution in [1.29, 1.82) is 0 Å². The van der Waals surface area contributed by atoms with Crippen molar-refractivity contribution in [1.82, 2.24) is 10.7 Å². The van der Waals surface area contributed by atoms with E-state index >= 15 is 0 Å². The second-order valence-corrected chi connectivity index (χ2v) is 8.38. The monoisotopic (exact) mass is 499 g/mol. The van der Waals surface area contributed by atoms with Crippen molar-refractivity contribution in [3.63, 3.8) is 0 Å². The maximum atomic E-state index is 12.7. The Kier molecular flexibility index (Phi) is 7.72. The van der Waals surface area contributed by atoms with E-state index in [-0.39, 0.29) is 6.54 Å². The van der Waals surface area contributed by atoms with Crippen molar-refractivity contribution in [2.75, 3.05) is 6.54 Å². The molecule has 0 aliphatic rings. The van der Waals surface area contributed by atoms with Gasteiger partial charge in [-0.3, -0.25) is 9.59 Å². The van der Waals surface area contributed by atoms with Crippen molar-refractivity contribution >= 4 is 46.4 Å². The van der Waals surface area contributed by atoms with Gasteiger partial charge in [-0.05, 0) is 54.1 Å². The van der Waals surface area contributed by atoms with Gasteiger partial charge < -0.3 is 10.1 Å². The second kappa shape index (κ2) is 11.3. The first kappa shape index (κ1) is 24.6. The number of rotatable bonds is 7. The maximum Gasteiger partial charge on any atom is 0.343 e. The number of carbonyl (C=O) groups is 3. The molecular weight excluding hydrogens is 478 g/mol. The highest BCUT2D eigenvalue weighted by Crippen LogP contribution is 2.27. The van der Waals surface area contributed by atoms with Crippen LogP contribution in [0.4, 0.5) is 0 Å². The number of hydrogen-bond acceptors (Lipinski definition) is 5. The van der Waals surface area contributed by atoms with E-state index in [1.165, 1.54) is 12.3 Å². The number of hydrazone groups is 1. The van der Waals surface area contributed by atoms with Crippen LogP contribution < -0.4 is 15.5 Å². The molecule has 36 heavy (non-hydrogen) atoms. The smallest absolute Gasteiger partial charge is 0.343 e. The fourth-order valence-electron chi connectivity index (χ4n) is 3.53. The van der Waals surface area contributed by atoms with Crippen molar-refractivity contribution in [3.8, 4) is 5.75 Å². The zero-order chi connectivity index (χ0) is 25.5. The Bertz CT molecular complexity index is 1480. The number of fused-ring (bicyclic) bond motifs is 1. The Hall–Kier alpha value is -4.49. The van der Waals surface area contributed by atoms with Crippen LogP contribution in [0, 0.1) is 6.92 Å². The van der Waals surface area contributed by atoms with Gasteiger partial charge in [-0.1, -0.05) is 65.7 Å². The molecule has 0 unspecified atom stereocenters. The molecule has 2 amide bonds. The number of esters is 1. The highest BCUT2D eigenvalue weighted by Gasteiger charge is 2.14. The minimum Gasteiger partial charge on any atom is -0.422 e. The number of ether oxygens (including phenoxy) is 1. The van der Waals surface area contributed by atoms with Gasteiger partial charge in [-0.25, -0.2) is 10.2 Å². The summed E-state index contributed by atoms with van der Waals surface area (Å²) in [6.45, 7) is 1.61. The molecule has 0 bridgehead atoms. The van der Waals surface area contributed by atoms with Crippen LogP contribution in [0.5, 0.6) is 5.75 Å². The first-order chi connectivity index (χ1) is 17.4. The zero-order valence-corrected chi connectivity index (χ0v) is 20.1. The summed E-state index contributed by atoms with van der Waals surface area (Å²) < 4.78 is 5.68. The molecule has 4 aromatic carbocycles. The fraction of sp³-hybridized carbons (Fsp3) is 0.0714. The molecule has 0 aliphatic carbocycles. The third-order valence-electron chi connectivity index (χ3n) is 5.27. The number of carbonyl (C=O) groups excluding carboxylic acids is 3. The third-order valence-corrected chi connectivity index (χ3v) is 5.50. The lowest BCUT2D eigenvalue weighted by Crippen LogP contribution is -2.34.